The van der Waals surface area contributed by atoms with E-state index in [4.69, 9.17) is 4.74 Å². The van der Waals surface area contributed by atoms with Crippen LogP contribution in [0.1, 0.15) is 68.2 Å². The molecule has 2 atom stereocenters. The highest BCUT2D eigenvalue weighted by atomic mass is 32.2. The van der Waals surface area contributed by atoms with E-state index in [1.54, 1.807) is 17.7 Å². The largest absolute Gasteiger partial charge is 0.474 e. The maximum absolute atomic E-state index is 12.6. The summed E-state index contributed by atoms with van der Waals surface area (Å²) in [4.78, 5) is 13.9. The number of thiophene rings is 1. The van der Waals surface area contributed by atoms with Crippen molar-refractivity contribution in [2.75, 3.05) is 25.6 Å². The molecular weight excluding hydrogens is 402 g/mol. The third-order valence-corrected chi connectivity index (χ3v) is 9.15. The summed E-state index contributed by atoms with van der Waals surface area (Å²) in [7, 11) is 3.58. The van der Waals surface area contributed by atoms with Crippen LogP contribution < -0.4 is 4.74 Å². The summed E-state index contributed by atoms with van der Waals surface area (Å²) in [6.07, 6.45) is 10.7. The van der Waals surface area contributed by atoms with Crippen molar-refractivity contribution in [2.24, 2.45) is 0 Å². The molecule has 1 saturated carbocycles. The minimum atomic E-state index is -0.747. The van der Waals surface area contributed by atoms with Crippen LogP contribution in [0.2, 0.25) is 0 Å². The van der Waals surface area contributed by atoms with Gasteiger partial charge in [-0.15, -0.1) is 11.3 Å². The smallest absolute Gasteiger partial charge is 0.225 e. The van der Waals surface area contributed by atoms with Crippen LogP contribution >= 0.6 is 11.3 Å². The molecule has 1 unspecified atom stereocenters. The lowest BCUT2D eigenvalue weighted by molar-refractivity contribution is 0.108. The van der Waals surface area contributed by atoms with Gasteiger partial charge in [-0.05, 0) is 70.5 Å². The molecule has 2 aromatic rings. The average molecular weight is 436 g/mol. The quantitative estimate of drug-likeness (QED) is 0.610. The lowest BCUT2D eigenvalue weighted by Crippen LogP contribution is -2.35. The van der Waals surface area contributed by atoms with E-state index in [0.717, 1.165) is 66.1 Å². The first kappa shape index (κ1) is 21.2. The Morgan fingerprint density at radius 3 is 2.72 bits per heavy atom. The van der Waals surface area contributed by atoms with Crippen molar-refractivity contribution in [3.63, 3.8) is 0 Å². The van der Waals surface area contributed by atoms with E-state index in [1.807, 2.05) is 0 Å². The molecule has 4 rings (SSSR count). The molecule has 160 valence electrons. The van der Waals surface area contributed by atoms with Crippen molar-refractivity contribution in [3.8, 4) is 5.88 Å². The van der Waals surface area contributed by atoms with Crippen molar-refractivity contribution in [3.05, 3.63) is 16.8 Å². The number of aromatic nitrogens is 2. The highest BCUT2D eigenvalue weighted by molar-refractivity contribution is 7.85. The highest BCUT2D eigenvalue weighted by Crippen LogP contribution is 2.46. The zero-order valence-electron chi connectivity index (χ0n) is 17.9. The summed E-state index contributed by atoms with van der Waals surface area (Å²) in [6, 6.07) is 0.660. The fraction of sp³-hybridized carbons (Fsp3) is 0.727. The Morgan fingerprint density at radius 1 is 1.21 bits per heavy atom. The maximum atomic E-state index is 12.6. The van der Waals surface area contributed by atoms with Crippen LogP contribution in [0.5, 0.6) is 5.88 Å². The summed E-state index contributed by atoms with van der Waals surface area (Å²) >= 11 is 1.78. The SMILES string of the molecule is CCCCS(=O)C[C@@H]1CCc2sc3ncnc(OC4CCC(N(C)C)CC4)c3c21. The number of hydrogen-bond donors (Lipinski definition) is 0. The number of unbranched alkanes of at least 4 members (excludes halogenated alkanes) is 1. The molecule has 0 bridgehead atoms. The van der Waals surface area contributed by atoms with Gasteiger partial charge < -0.3 is 9.64 Å². The average Bonchev–Trinajstić information content (AvgIpc) is 3.27. The van der Waals surface area contributed by atoms with Gasteiger partial charge >= 0.3 is 0 Å². The molecule has 0 radical (unpaired) electrons. The molecule has 0 aliphatic heterocycles. The van der Waals surface area contributed by atoms with E-state index in [2.05, 4.69) is 35.9 Å². The highest BCUT2D eigenvalue weighted by Gasteiger charge is 2.32. The lowest BCUT2D eigenvalue weighted by atomic mass is 9.92. The zero-order valence-corrected chi connectivity index (χ0v) is 19.5. The van der Waals surface area contributed by atoms with Crippen LogP contribution in [0.15, 0.2) is 6.33 Å². The fourth-order valence-corrected chi connectivity index (χ4v) is 7.54. The second kappa shape index (κ2) is 9.40. The second-order valence-corrected chi connectivity index (χ2v) is 11.4. The van der Waals surface area contributed by atoms with Gasteiger partial charge in [-0.3, -0.25) is 4.21 Å². The third-order valence-electron chi connectivity index (χ3n) is 6.46. The van der Waals surface area contributed by atoms with Gasteiger partial charge in [0.05, 0.1) is 5.39 Å². The number of nitrogens with zero attached hydrogens (tertiary/aromatic N) is 3. The summed E-state index contributed by atoms with van der Waals surface area (Å²) in [5, 5.41) is 1.11. The normalized spacial score (nSPS) is 25.4. The van der Waals surface area contributed by atoms with E-state index < -0.39 is 10.8 Å². The van der Waals surface area contributed by atoms with Crippen molar-refractivity contribution >= 4 is 32.4 Å². The molecule has 2 aliphatic carbocycles. The molecular formula is C22H33N3O2S2. The van der Waals surface area contributed by atoms with Crippen LogP contribution in [0.3, 0.4) is 0 Å². The zero-order chi connectivity index (χ0) is 20.4. The lowest BCUT2D eigenvalue weighted by Gasteiger charge is -2.32. The van der Waals surface area contributed by atoms with Crippen LogP contribution in [-0.4, -0.2) is 56.8 Å². The Morgan fingerprint density at radius 2 is 2.00 bits per heavy atom. The van der Waals surface area contributed by atoms with Crippen LogP contribution in [-0.2, 0) is 17.2 Å². The maximum Gasteiger partial charge on any atom is 0.225 e. The van der Waals surface area contributed by atoms with Gasteiger partial charge in [0.2, 0.25) is 5.88 Å². The number of aryl methyl sites for hydroxylation is 1. The van der Waals surface area contributed by atoms with E-state index >= 15 is 0 Å². The van der Waals surface area contributed by atoms with E-state index in [1.165, 1.54) is 23.3 Å². The van der Waals surface area contributed by atoms with Crippen LogP contribution in [0.4, 0.5) is 0 Å². The van der Waals surface area contributed by atoms with Gasteiger partial charge in [-0.25, -0.2) is 9.97 Å². The molecule has 5 nitrogen and oxygen atoms in total. The third kappa shape index (κ3) is 4.67. The van der Waals surface area contributed by atoms with Crippen molar-refractivity contribution < 1.29 is 8.95 Å². The van der Waals surface area contributed by atoms with Gasteiger partial charge in [-0.1, -0.05) is 13.3 Å². The predicted octanol–water partition coefficient (Wildman–Crippen LogP) is 4.52. The van der Waals surface area contributed by atoms with E-state index in [-0.39, 0.29) is 6.10 Å². The molecule has 2 heterocycles. The summed E-state index contributed by atoms with van der Waals surface area (Å²) < 4.78 is 19.0. The first-order valence-corrected chi connectivity index (χ1v) is 13.3. The minimum Gasteiger partial charge on any atom is -0.474 e. The Bertz CT molecular complexity index is 859. The Labute approximate surface area is 180 Å². The van der Waals surface area contributed by atoms with Crippen LogP contribution in [0.25, 0.3) is 10.2 Å². The molecule has 0 N–H and O–H groups in total. The topological polar surface area (TPSA) is 55.3 Å². The van der Waals surface area contributed by atoms with E-state index in [9.17, 15) is 4.21 Å². The Hall–Kier alpha value is -1.05. The van der Waals surface area contributed by atoms with Gasteiger partial charge in [0.25, 0.3) is 0 Å². The molecule has 0 spiro atoms. The molecule has 2 aromatic heterocycles. The van der Waals surface area contributed by atoms with Crippen molar-refractivity contribution in [2.45, 2.75) is 76.4 Å². The van der Waals surface area contributed by atoms with E-state index in [0.29, 0.717) is 12.0 Å². The minimum absolute atomic E-state index is 0.235. The van der Waals surface area contributed by atoms with Crippen molar-refractivity contribution in [1.82, 2.24) is 14.9 Å². The van der Waals surface area contributed by atoms with Gasteiger partial charge in [0.15, 0.2) is 0 Å². The van der Waals surface area contributed by atoms with Gasteiger partial charge in [0.1, 0.15) is 17.3 Å². The number of hydrogen-bond acceptors (Lipinski definition) is 6. The second-order valence-electron chi connectivity index (χ2n) is 8.71. The van der Waals surface area contributed by atoms with Crippen LogP contribution in [0, 0.1) is 0 Å². The summed E-state index contributed by atoms with van der Waals surface area (Å²) in [5.74, 6) is 2.70. The monoisotopic (exact) mass is 435 g/mol. The van der Waals surface area contributed by atoms with Gasteiger partial charge in [0, 0.05) is 33.2 Å². The Balaban J connectivity index is 1.53. The first-order valence-electron chi connectivity index (χ1n) is 11.0. The predicted molar refractivity (Wildman–Crippen MR) is 122 cm³/mol. The first-order chi connectivity index (χ1) is 14.1. The standard InChI is InChI=1S/C22H33N3O2S2/c1-4-5-12-29(26)13-15-6-11-18-19(15)20-21(23-14-24-22(20)28-18)27-17-9-7-16(8-10-17)25(2)3/h14-17H,4-13H2,1-3H3/t15-,16?,17?,29?/m0/s1. The molecule has 0 amide bonds. The molecule has 0 saturated heterocycles. The molecule has 1 fully saturated rings. The Kier molecular flexibility index (Phi) is 6.87. The summed E-state index contributed by atoms with van der Waals surface area (Å²) in [6.45, 7) is 2.16. The van der Waals surface area contributed by atoms with Crippen molar-refractivity contribution in [1.29, 1.82) is 0 Å². The number of fused-ring (bicyclic) bond motifs is 3. The summed E-state index contributed by atoms with van der Waals surface area (Å²) in [5.41, 5.74) is 1.34. The molecule has 2 aliphatic rings. The fourth-order valence-electron chi connectivity index (χ4n) is 4.75. The molecule has 29 heavy (non-hydrogen) atoms. The van der Waals surface area contributed by atoms with Gasteiger partial charge in [-0.2, -0.15) is 0 Å². The number of rotatable bonds is 8. The molecule has 0 aromatic carbocycles. The molecule has 7 heteroatoms. The number of ether oxygens (including phenoxy) is 1.